The molecule has 0 aromatic heterocycles. The van der Waals surface area contributed by atoms with Crippen molar-refractivity contribution in [3.8, 4) is 11.5 Å². The van der Waals surface area contributed by atoms with Gasteiger partial charge in [-0.05, 0) is 36.1 Å². The molecule has 0 N–H and O–H groups in total. The average Bonchev–Trinajstić information content (AvgIpc) is 2.59. The Hall–Kier alpha value is -2.23. The van der Waals surface area contributed by atoms with E-state index in [4.69, 9.17) is 9.47 Å². The number of allylic oxidation sites excluding steroid dienone is 3. The number of methoxy groups -OCH3 is 3. The van der Waals surface area contributed by atoms with E-state index in [1.165, 1.54) is 19.6 Å². The third-order valence-corrected chi connectivity index (χ3v) is 3.53. The van der Waals surface area contributed by atoms with E-state index < -0.39 is 0 Å². The van der Waals surface area contributed by atoms with Gasteiger partial charge in [-0.3, -0.25) is 0 Å². The van der Waals surface area contributed by atoms with Gasteiger partial charge >= 0.3 is 5.97 Å². The van der Waals surface area contributed by atoms with Crippen LogP contribution in [0, 0.1) is 0 Å². The molecule has 1 aromatic rings. The number of carbonyl (C=O) groups excluding carboxylic acids is 1. The van der Waals surface area contributed by atoms with Crippen molar-refractivity contribution in [3.63, 3.8) is 0 Å². The van der Waals surface area contributed by atoms with Gasteiger partial charge in [0.1, 0.15) is 0 Å². The first-order chi connectivity index (χ1) is 11.2. The van der Waals surface area contributed by atoms with Gasteiger partial charge in [0.15, 0.2) is 11.5 Å². The number of hydrogen-bond donors (Lipinski definition) is 0. The number of hydrogen-bond acceptors (Lipinski definition) is 4. The molecule has 23 heavy (non-hydrogen) atoms. The Morgan fingerprint density at radius 2 is 1.83 bits per heavy atom. The summed E-state index contributed by atoms with van der Waals surface area (Å²) >= 11 is 0. The second-order valence-electron chi connectivity index (χ2n) is 5.10. The highest BCUT2D eigenvalue weighted by molar-refractivity contribution is 5.82. The van der Waals surface area contributed by atoms with Gasteiger partial charge in [0.05, 0.1) is 21.3 Å². The fourth-order valence-electron chi connectivity index (χ4n) is 2.24. The molecule has 4 nitrogen and oxygen atoms in total. The van der Waals surface area contributed by atoms with Crippen LogP contribution in [0.15, 0.2) is 36.4 Å². The van der Waals surface area contributed by atoms with E-state index in [-0.39, 0.29) is 5.97 Å². The van der Waals surface area contributed by atoms with Crippen molar-refractivity contribution in [3.05, 3.63) is 42.0 Å². The van der Waals surface area contributed by atoms with Crippen LogP contribution in [0.1, 0.15) is 38.2 Å². The van der Waals surface area contributed by atoms with E-state index in [9.17, 15) is 4.79 Å². The first kappa shape index (κ1) is 18.8. The van der Waals surface area contributed by atoms with Crippen LogP contribution in [0.25, 0.3) is 5.57 Å². The van der Waals surface area contributed by atoms with E-state index in [1.54, 1.807) is 20.3 Å². The molecule has 0 fully saturated rings. The highest BCUT2D eigenvalue weighted by Gasteiger charge is 2.08. The number of benzene rings is 1. The molecule has 0 spiro atoms. The number of rotatable bonds is 9. The van der Waals surface area contributed by atoms with Crippen LogP contribution in [0.3, 0.4) is 0 Å². The minimum absolute atomic E-state index is 0.360. The molecule has 0 radical (unpaired) electrons. The Morgan fingerprint density at radius 3 is 2.43 bits per heavy atom. The van der Waals surface area contributed by atoms with Gasteiger partial charge in [0.2, 0.25) is 0 Å². The van der Waals surface area contributed by atoms with E-state index in [0.29, 0.717) is 11.5 Å². The Bertz CT molecular complexity index is 558. The third-order valence-electron chi connectivity index (χ3n) is 3.53. The minimum atomic E-state index is -0.360. The first-order valence-corrected chi connectivity index (χ1v) is 7.83. The fraction of sp³-hybridized carbons (Fsp3) is 0.421. The predicted molar refractivity (Wildman–Crippen MR) is 92.8 cm³/mol. The largest absolute Gasteiger partial charge is 0.493 e. The maximum atomic E-state index is 11.2. The van der Waals surface area contributed by atoms with Crippen molar-refractivity contribution in [2.24, 2.45) is 0 Å². The Balaban J connectivity index is 3.05. The standard InChI is InChI=1S/C19H26O4/c1-5-6-7-9-15(10-8-11-19(20)23-4)16-12-13-17(21-2)18(14-16)22-3/h8,10-14H,5-7,9H2,1-4H3/b11-8+,15-10+. The first-order valence-electron chi connectivity index (χ1n) is 7.83. The SMILES string of the molecule is CCCCC/C(=C\C=C\C(=O)OC)c1ccc(OC)c(OC)c1. The van der Waals surface area contributed by atoms with Crippen molar-refractivity contribution in [2.45, 2.75) is 32.6 Å². The molecule has 1 rings (SSSR count). The summed E-state index contributed by atoms with van der Waals surface area (Å²) in [5, 5.41) is 0. The van der Waals surface area contributed by atoms with Crippen LogP contribution in [0.4, 0.5) is 0 Å². The van der Waals surface area contributed by atoms with Crippen molar-refractivity contribution in [2.75, 3.05) is 21.3 Å². The lowest BCUT2D eigenvalue weighted by molar-refractivity contribution is -0.134. The van der Waals surface area contributed by atoms with Gasteiger partial charge < -0.3 is 14.2 Å². The number of carbonyl (C=O) groups is 1. The summed E-state index contributed by atoms with van der Waals surface area (Å²) in [6.45, 7) is 2.18. The summed E-state index contributed by atoms with van der Waals surface area (Å²) in [6.07, 6.45) is 9.47. The lowest BCUT2D eigenvalue weighted by Crippen LogP contribution is -1.94. The number of ether oxygens (including phenoxy) is 3. The topological polar surface area (TPSA) is 44.8 Å². The van der Waals surface area contributed by atoms with Crippen LogP contribution in [0.5, 0.6) is 11.5 Å². The summed E-state index contributed by atoms with van der Waals surface area (Å²) in [4.78, 5) is 11.2. The second-order valence-corrected chi connectivity index (χ2v) is 5.10. The molecule has 0 aliphatic carbocycles. The van der Waals surface area contributed by atoms with Crippen molar-refractivity contribution in [1.29, 1.82) is 0 Å². The molecule has 0 heterocycles. The van der Waals surface area contributed by atoms with Crippen molar-refractivity contribution < 1.29 is 19.0 Å². The molecule has 4 heteroatoms. The highest BCUT2D eigenvalue weighted by atomic mass is 16.5. The Morgan fingerprint density at radius 1 is 1.09 bits per heavy atom. The molecule has 0 bridgehead atoms. The number of unbranched alkanes of at least 4 members (excludes halogenated alkanes) is 2. The van der Waals surface area contributed by atoms with Crippen LogP contribution in [-0.4, -0.2) is 27.3 Å². The normalized spacial score (nSPS) is 11.6. The van der Waals surface area contributed by atoms with Crippen molar-refractivity contribution in [1.82, 2.24) is 0 Å². The van der Waals surface area contributed by atoms with Crippen LogP contribution >= 0.6 is 0 Å². The molecular formula is C19H26O4. The van der Waals surface area contributed by atoms with Gasteiger partial charge in [0, 0.05) is 6.08 Å². The zero-order valence-electron chi connectivity index (χ0n) is 14.4. The molecule has 0 saturated carbocycles. The van der Waals surface area contributed by atoms with Gasteiger partial charge in [0.25, 0.3) is 0 Å². The molecule has 0 saturated heterocycles. The maximum absolute atomic E-state index is 11.2. The van der Waals surface area contributed by atoms with Gasteiger partial charge in [-0.2, -0.15) is 0 Å². The van der Waals surface area contributed by atoms with Gasteiger partial charge in [-0.15, -0.1) is 0 Å². The van der Waals surface area contributed by atoms with Crippen molar-refractivity contribution >= 4 is 11.5 Å². The van der Waals surface area contributed by atoms with E-state index in [2.05, 4.69) is 11.7 Å². The summed E-state index contributed by atoms with van der Waals surface area (Å²) in [5.74, 6) is 1.04. The van der Waals surface area contributed by atoms with Crippen LogP contribution in [-0.2, 0) is 9.53 Å². The Labute approximate surface area is 138 Å². The quantitative estimate of drug-likeness (QED) is 0.293. The monoisotopic (exact) mass is 318 g/mol. The molecule has 0 amide bonds. The third kappa shape index (κ3) is 6.19. The molecule has 0 aliphatic rings. The van der Waals surface area contributed by atoms with Gasteiger partial charge in [-0.25, -0.2) is 4.79 Å². The van der Waals surface area contributed by atoms with E-state index >= 15 is 0 Å². The van der Waals surface area contributed by atoms with Crippen LogP contribution < -0.4 is 9.47 Å². The summed E-state index contributed by atoms with van der Waals surface area (Å²) in [5.41, 5.74) is 2.22. The second kappa shape index (κ2) is 10.5. The van der Waals surface area contributed by atoms with Crippen LogP contribution in [0.2, 0.25) is 0 Å². The van der Waals surface area contributed by atoms with E-state index in [1.807, 2.05) is 24.3 Å². The molecule has 126 valence electrons. The summed E-state index contributed by atoms with van der Waals surface area (Å²) < 4.78 is 15.3. The fourth-order valence-corrected chi connectivity index (χ4v) is 2.24. The molecular weight excluding hydrogens is 292 g/mol. The average molecular weight is 318 g/mol. The molecule has 0 aliphatic heterocycles. The van der Waals surface area contributed by atoms with E-state index in [0.717, 1.165) is 30.4 Å². The maximum Gasteiger partial charge on any atom is 0.330 e. The van der Waals surface area contributed by atoms with Gasteiger partial charge in [-0.1, -0.05) is 38.0 Å². The highest BCUT2D eigenvalue weighted by Crippen LogP contribution is 2.32. The minimum Gasteiger partial charge on any atom is -0.493 e. The summed E-state index contributed by atoms with van der Waals surface area (Å²) in [6, 6.07) is 5.86. The lowest BCUT2D eigenvalue weighted by Gasteiger charge is -2.12. The zero-order chi connectivity index (χ0) is 17.1. The predicted octanol–water partition coefficient (Wildman–Crippen LogP) is 4.40. The lowest BCUT2D eigenvalue weighted by atomic mass is 9.98. The number of esters is 1. The summed E-state index contributed by atoms with van der Waals surface area (Å²) in [7, 11) is 4.61. The molecule has 1 aromatic carbocycles. The molecule has 0 unspecified atom stereocenters. The zero-order valence-corrected chi connectivity index (χ0v) is 14.4. The molecule has 0 atom stereocenters. The Kier molecular flexibility index (Phi) is 8.58. The smallest absolute Gasteiger partial charge is 0.330 e.